The molecule has 0 radical (unpaired) electrons. The van der Waals surface area contributed by atoms with Crippen LogP contribution in [-0.2, 0) is 0 Å². The van der Waals surface area contributed by atoms with E-state index in [1.165, 1.54) is 25.3 Å². The first-order valence-electron chi connectivity index (χ1n) is 3.72. The first kappa shape index (κ1) is 11.1. The fraction of sp³-hybridized carbons (Fsp3) is 0.222. The largest absolute Gasteiger partial charge is 0.496 e. The molecule has 5 heteroatoms. The van der Waals surface area contributed by atoms with Gasteiger partial charge in [0, 0.05) is 5.56 Å². The Morgan fingerprint density at radius 3 is 2.57 bits per heavy atom. The molecule has 0 atom stereocenters. The van der Waals surface area contributed by atoms with Crippen molar-refractivity contribution >= 4 is 21.7 Å². The van der Waals surface area contributed by atoms with Crippen molar-refractivity contribution in [2.45, 2.75) is 6.43 Å². The van der Waals surface area contributed by atoms with Crippen molar-refractivity contribution in [3.05, 3.63) is 28.2 Å². The van der Waals surface area contributed by atoms with Crippen LogP contribution in [0.4, 0.5) is 8.78 Å². The zero-order valence-electron chi connectivity index (χ0n) is 7.26. The van der Waals surface area contributed by atoms with E-state index < -0.39 is 12.2 Å². The summed E-state index contributed by atoms with van der Waals surface area (Å²) in [7, 11) is 1.45. The summed E-state index contributed by atoms with van der Waals surface area (Å²) in [6.07, 6.45) is -2.98. The van der Waals surface area contributed by atoms with Gasteiger partial charge in [0.1, 0.15) is 5.75 Å². The number of carbonyl (C=O) groups excluding carboxylic acids is 1. The molecule has 1 rings (SSSR count). The molecule has 0 aliphatic heterocycles. The molecule has 0 aliphatic rings. The van der Waals surface area contributed by atoms with Gasteiger partial charge in [-0.2, -0.15) is 0 Å². The Bertz CT molecular complexity index is 353. The van der Waals surface area contributed by atoms with Gasteiger partial charge < -0.3 is 4.74 Å². The summed E-state index contributed by atoms with van der Waals surface area (Å²) in [5.74, 6) is -0.691. The van der Waals surface area contributed by atoms with Crippen molar-refractivity contribution < 1.29 is 18.3 Å². The highest BCUT2D eigenvalue weighted by atomic mass is 79.9. The van der Waals surface area contributed by atoms with Crippen molar-refractivity contribution in [2.24, 2.45) is 0 Å². The summed E-state index contributed by atoms with van der Waals surface area (Å²) < 4.78 is 29.4. The van der Waals surface area contributed by atoms with Crippen molar-refractivity contribution in [2.75, 3.05) is 7.11 Å². The zero-order chi connectivity index (χ0) is 10.7. The molecule has 1 aromatic rings. The molecular weight excluding hydrogens is 258 g/mol. The highest BCUT2D eigenvalue weighted by Crippen LogP contribution is 2.26. The van der Waals surface area contributed by atoms with Crippen LogP contribution in [0.2, 0.25) is 0 Å². The van der Waals surface area contributed by atoms with Gasteiger partial charge in [0.2, 0.25) is 5.78 Å². The van der Waals surface area contributed by atoms with Gasteiger partial charge in [-0.15, -0.1) is 0 Å². The third kappa shape index (κ3) is 2.29. The van der Waals surface area contributed by atoms with E-state index in [2.05, 4.69) is 15.9 Å². The van der Waals surface area contributed by atoms with Gasteiger partial charge in [-0.25, -0.2) is 8.78 Å². The number of hydrogen-bond donors (Lipinski definition) is 0. The monoisotopic (exact) mass is 264 g/mol. The Morgan fingerprint density at radius 2 is 2.14 bits per heavy atom. The third-order valence-electron chi connectivity index (χ3n) is 1.63. The molecule has 0 amide bonds. The van der Waals surface area contributed by atoms with Crippen molar-refractivity contribution in [3.63, 3.8) is 0 Å². The molecule has 0 spiro atoms. The maximum absolute atomic E-state index is 12.0. The number of benzene rings is 1. The van der Waals surface area contributed by atoms with E-state index in [0.717, 1.165) is 0 Å². The Kier molecular flexibility index (Phi) is 3.57. The summed E-state index contributed by atoms with van der Waals surface area (Å²) in [4.78, 5) is 10.9. The molecule has 0 fully saturated rings. The molecule has 14 heavy (non-hydrogen) atoms. The molecule has 0 aliphatic carbocycles. The summed E-state index contributed by atoms with van der Waals surface area (Å²) in [6.45, 7) is 0. The number of ketones is 1. The Labute approximate surface area is 88.0 Å². The van der Waals surface area contributed by atoms with Crippen LogP contribution in [0.15, 0.2) is 22.7 Å². The van der Waals surface area contributed by atoms with E-state index in [1.54, 1.807) is 0 Å². The molecule has 2 nitrogen and oxygen atoms in total. The van der Waals surface area contributed by atoms with Crippen molar-refractivity contribution in [1.82, 2.24) is 0 Å². The van der Waals surface area contributed by atoms with Crippen LogP contribution in [-0.4, -0.2) is 19.3 Å². The standard InChI is InChI=1S/C9H7BrF2O2/c1-14-7-3-2-5(4-6(7)10)8(13)9(11)12/h2-4,9H,1H3. The Balaban J connectivity index is 3.03. The van der Waals surface area contributed by atoms with Crippen LogP contribution < -0.4 is 4.74 Å². The molecular formula is C9H7BrF2O2. The van der Waals surface area contributed by atoms with E-state index in [1.807, 2.05) is 0 Å². The highest BCUT2D eigenvalue weighted by Gasteiger charge is 2.18. The fourth-order valence-corrected chi connectivity index (χ4v) is 1.49. The van der Waals surface area contributed by atoms with Crippen molar-refractivity contribution in [3.8, 4) is 5.75 Å². The molecule has 0 N–H and O–H groups in total. The van der Waals surface area contributed by atoms with Gasteiger partial charge in [0.15, 0.2) is 0 Å². The van der Waals surface area contributed by atoms with Gasteiger partial charge in [0.05, 0.1) is 11.6 Å². The number of halogens is 3. The van der Waals surface area contributed by atoms with Crippen LogP contribution >= 0.6 is 15.9 Å². The van der Waals surface area contributed by atoms with Gasteiger partial charge in [-0.1, -0.05) is 0 Å². The molecule has 0 bridgehead atoms. The van der Waals surface area contributed by atoms with Crippen molar-refractivity contribution in [1.29, 1.82) is 0 Å². The molecule has 0 unspecified atom stereocenters. The lowest BCUT2D eigenvalue weighted by Gasteiger charge is -2.04. The van der Waals surface area contributed by atoms with E-state index in [-0.39, 0.29) is 5.56 Å². The number of carbonyl (C=O) groups is 1. The maximum Gasteiger partial charge on any atom is 0.300 e. The second kappa shape index (κ2) is 4.50. The van der Waals surface area contributed by atoms with Crippen LogP contribution in [0, 0.1) is 0 Å². The summed E-state index contributed by atoms with van der Waals surface area (Å²) in [6, 6.07) is 4.07. The van der Waals surface area contributed by atoms with Crippen LogP contribution in [0.1, 0.15) is 10.4 Å². The molecule has 0 heterocycles. The van der Waals surface area contributed by atoms with E-state index >= 15 is 0 Å². The zero-order valence-corrected chi connectivity index (χ0v) is 8.85. The average Bonchev–Trinajstić information content (AvgIpc) is 2.16. The van der Waals surface area contributed by atoms with Crippen LogP contribution in [0.3, 0.4) is 0 Å². The minimum Gasteiger partial charge on any atom is -0.496 e. The minimum atomic E-state index is -2.98. The molecule has 76 valence electrons. The number of methoxy groups -OCH3 is 1. The first-order valence-corrected chi connectivity index (χ1v) is 4.51. The molecule has 0 aromatic heterocycles. The smallest absolute Gasteiger partial charge is 0.300 e. The van der Waals surface area contributed by atoms with Crippen LogP contribution in [0.25, 0.3) is 0 Å². The first-order chi connectivity index (χ1) is 6.56. The number of alkyl halides is 2. The normalized spacial score (nSPS) is 10.4. The lowest BCUT2D eigenvalue weighted by molar-refractivity contribution is 0.0678. The quantitative estimate of drug-likeness (QED) is 0.785. The average molecular weight is 265 g/mol. The second-order valence-corrected chi connectivity index (χ2v) is 3.37. The lowest BCUT2D eigenvalue weighted by Crippen LogP contribution is -2.09. The van der Waals surface area contributed by atoms with E-state index in [4.69, 9.17) is 4.74 Å². The van der Waals surface area contributed by atoms with Gasteiger partial charge >= 0.3 is 6.43 Å². The summed E-state index contributed by atoms with van der Waals surface area (Å²) in [5, 5.41) is 0. The lowest BCUT2D eigenvalue weighted by atomic mass is 10.1. The SMILES string of the molecule is COc1ccc(C(=O)C(F)F)cc1Br. The van der Waals surface area contributed by atoms with E-state index in [9.17, 15) is 13.6 Å². The number of hydrogen-bond acceptors (Lipinski definition) is 2. The number of Topliss-reactive ketones (excluding diaryl/α,β-unsaturated/α-hetero) is 1. The number of rotatable bonds is 3. The maximum atomic E-state index is 12.0. The molecule has 1 aromatic carbocycles. The van der Waals surface area contributed by atoms with Crippen LogP contribution in [0.5, 0.6) is 5.75 Å². The summed E-state index contributed by atoms with van der Waals surface area (Å²) >= 11 is 3.10. The predicted molar refractivity (Wildman–Crippen MR) is 51.0 cm³/mol. The molecule has 0 saturated carbocycles. The van der Waals surface area contributed by atoms with E-state index in [0.29, 0.717) is 10.2 Å². The van der Waals surface area contributed by atoms with Gasteiger partial charge in [-0.05, 0) is 34.1 Å². The fourth-order valence-electron chi connectivity index (χ4n) is 0.946. The Hall–Kier alpha value is -0.970. The molecule has 0 saturated heterocycles. The van der Waals surface area contributed by atoms with Gasteiger partial charge in [-0.3, -0.25) is 4.79 Å². The predicted octanol–water partition coefficient (Wildman–Crippen LogP) is 2.91. The van der Waals surface area contributed by atoms with Gasteiger partial charge in [0.25, 0.3) is 0 Å². The highest BCUT2D eigenvalue weighted by molar-refractivity contribution is 9.10. The topological polar surface area (TPSA) is 26.3 Å². The Morgan fingerprint density at radius 1 is 1.50 bits per heavy atom. The third-order valence-corrected chi connectivity index (χ3v) is 2.25. The summed E-state index contributed by atoms with van der Waals surface area (Å²) in [5.41, 5.74) is -0.0346. The number of ether oxygens (including phenoxy) is 1. The minimum absolute atomic E-state index is 0.0346. The second-order valence-electron chi connectivity index (χ2n) is 2.51.